The van der Waals surface area contributed by atoms with Crippen LogP contribution in [0.15, 0.2) is 223 Å². The monoisotopic (exact) mass is 764 g/mol. The maximum absolute atomic E-state index is 7.13. The van der Waals surface area contributed by atoms with Gasteiger partial charge >= 0.3 is 0 Å². The van der Waals surface area contributed by atoms with Crippen molar-refractivity contribution in [3.05, 3.63) is 235 Å². The van der Waals surface area contributed by atoms with Gasteiger partial charge in [-0.05, 0) is 116 Å². The molecule has 0 heterocycles. The lowest BCUT2D eigenvalue weighted by atomic mass is 9.89. The van der Waals surface area contributed by atoms with Gasteiger partial charge in [0.05, 0.1) is 11.7 Å². The molecule has 0 amide bonds. The third-order valence-electron chi connectivity index (χ3n) is 12.1. The van der Waals surface area contributed by atoms with Crippen molar-refractivity contribution < 1.29 is 0 Å². The SMILES string of the molecule is NC(/C=C(\N=C\c1ccc(-c2c3ccccc3cc3c2ccc2ccccc23)cc1)c1c2ccccc2cc2c1ccc1ccccc12)c1ccc(-c2ccccc2)cc1. The van der Waals surface area contributed by atoms with Crippen LogP contribution >= 0.6 is 0 Å². The molecule has 11 aromatic carbocycles. The molecule has 0 bridgehead atoms. The highest BCUT2D eigenvalue weighted by Gasteiger charge is 2.17. The van der Waals surface area contributed by atoms with Crippen LogP contribution in [0.25, 0.3) is 92.6 Å². The molecule has 2 heteroatoms. The van der Waals surface area contributed by atoms with Gasteiger partial charge in [-0.3, -0.25) is 4.99 Å². The fourth-order valence-electron chi connectivity index (χ4n) is 9.09. The molecule has 2 N–H and O–H groups in total. The van der Waals surface area contributed by atoms with Crippen LogP contribution in [0.4, 0.5) is 0 Å². The number of fused-ring (bicyclic) bond motifs is 8. The lowest BCUT2D eigenvalue weighted by Crippen LogP contribution is -2.08. The smallest absolute Gasteiger partial charge is 0.0693 e. The minimum atomic E-state index is -0.394. The Kier molecular flexibility index (Phi) is 8.84. The zero-order valence-electron chi connectivity index (χ0n) is 33.0. The maximum Gasteiger partial charge on any atom is 0.0693 e. The van der Waals surface area contributed by atoms with Gasteiger partial charge in [-0.1, -0.05) is 200 Å². The summed E-state index contributed by atoms with van der Waals surface area (Å²) < 4.78 is 0. The lowest BCUT2D eigenvalue weighted by Gasteiger charge is -2.16. The summed E-state index contributed by atoms with van der Waals surface area (Å²) in [6.07, 6.45) is 4.12. The quantitative estimate of drug-likeness (QED) is 0.0980. The van der Waals surface area contributed by atoms with E-state index in [9.17, 15) is 0 Å². The van der Waals surface area contributed by atoms with Gasteiger partial charge in [-0.2, -0.15) is 0 Å². The molecule has 11 aromatic rings. The Hall–Kier alpha value is -7.65. The Bertz CT molecular complexity index is 3470. The van der Waals surface area contributed by atoms with Crippen LogP contribution < -0.4 is 5.73 Å². The lowest BCUT2D eigenvalue weighted by molar-refractivity contribution is 0.912. The predicted octanol–water partition coefficient (Wildman–Crippen LogP) is 15.1. The van der Waals surface area contributed by atoms with Gasteiger partial charge in [0.2, 0.25) is 0 Å². The molecular weight excluding hydrogens is 725 g/mol. The van der Waals surface area contributed by atoms with Gasteiger partial charge in [0.25, 0.3) is 0 Å². The molecule has 282 valence electrons. The molecule has 0 radical (unpaired) electrons. The van der Waals surface area contributed by atoms with Crippen molar-refractivity contribution >= 4 is 76.5 Å². The van der Waals surface area contributed by atoms with Gasteiger partial charge in [0.1, 0.15) is 0 Å². The van der Waals surface area contributed by atoms with Crippen molar-refractivity contribution in [3.8, 4) is 22.3 Å². The molecule has 0 aliphatic rings. The Morgan fingerprint density at radius 2 is 0.883 bits per heavy atom. The second-order valence-electron chi connectivity index (χ2n) is 15.7. The van der Waals surface area contributed by atoms with E-state index in [1.165, 1.54) is 65.2 Å². The summed E-state index contributed by atoms with van der Waals surface area (Å²) in [4.78, 5) is 5.37. The number of rotatable bonds is 7. The van der Waals surface area contributed by atoms with E-state index in [1.54, 1.807) is 0 Å². The van der Waals surface area contributed by atoms with E-state index in [-0.39, 0.29) is 0 Å². The first-order valence-corrected chi connectivity index (χ1v) is 20.6. The third kappa shape index (κ3) is 6.31. The number of benzene rings is 11. The number of hydrogen-bond acceptors (Lipinski definition) is 2. The summed E-state index contributed by atoms with van der Waals surface area (Å²) in [5.41, 5.74) is 15.8. The van der Waals surface area contributed by atoms with Crippen LogP contribution in [-0.4, -0.2) is 6.21 Å². The number of hydrogen-bond donors (Lipinski definition) is 1. The third-order valence-corrected chi connectivity index (χ3v) is 12.1. The fraction of sp³-hybridized carbons (Fsp3) is 0.0172. The van der Waals surface area contributed by atoms with E-state index in [0.717, 1.165) is 44.1 Å². The van der Waals surface area contributed by atoms with Crippen LogP contribution in [0.2, 0.25) is 0 Å². The standard InChI is InChI=1S/C58H40N2/c59-55(43-28-26-40(27-29-43)39-12-2-1-3-13-39)36-56(58-50-21-11-7-17-46(50)35-54-48-19-9-5-15-42(48)31-33-52(54)58)60-37-38-22-24-44(25-23-38)57-49-20-10-6-16-45(49)34-53-47-18-8-4-14-41(47)30-32-51(53)57/h1-37,55H,59H2/b56-36-,60-37+. The Morgan fingerprint density at radius 1 is 0.383 bits per heavy atom. The van der Waals surface area contributed by atoms with Crippen LogP contribution in [0.5, 0.6) is 0 Å². The first-order chi connectivity index (χ1) is 29.7. The van der Waals surface area contributed by atoms with Gasteiger partial charge < -0.3 is 5.73 Å². The van der Waals surface area contributed by atoms with E-state index in [0.29, 0.717) is 0 Å². The summed E-state index contributed by atoms with van der Waals surface area (Å²) in [6.45, 7) is 0. The topological polar surface area (TPSA) is 38.4 Å². The van der Waals surface area contributed by atoms with Crippen LogP contribution in [0, 0.1) is 0 Å². The number of aliphatic imine (C=N–C) groups is 1. The van der Waals surface area contributed by atoms with Gasteiger partial charge in [0, 0.05) is 11.8 Å². The van der Waals surface area contributed by atoms with Gasteiger partial charge in [0.15, 0.2) is 0 Å². The maximum atomic E-state index is 7.13. The highest BCUT2D eigenvalue weighted by molar-refractivity contribution is 6.20. The fourth-order valence-corrected chi connectivity index (χ4v) is 9.09. The van der Waals surface area contributed by atoms with E-state index in [1.807, 2.05) is 12.3 Å². The molecule has 1 unspecified atom stereocenters. The van der Waals surface area contributed by atoms with E-state index in [2.05, 4.69) is 212 Å². The molecular formula is C58H40N2. The summed E-state index contributed by atoms with van der Waals surface area (Å²) in [5, 5.41) is 14.6. The summed E-state index contributed by atoms with van der Waals surface area (Å²) in [5.74, 6) is 0. The van der Waals surface area contributed by atoms with Gasteiger partial charge in [-0.25, -0.2) is 0 Å². The average molecular weight is 765 g/mol. The number of nitrogens with zero attached hydrogens (tertiary/aromatic N) is 1. The van der Waals surface area contributed by atoms with Crippen molar-refractivity contribution in [2.75, 3.05) is 0 Å². The van der Waals surface area contributed by atoms with Crippen LogP contribution in [0.1, 0.15) is 22.7 Å². The highest BCUT2D eigenvalue weighted by Crippen LogP contribution is 2.41. The minimum absolute atomic E-state index is 0.394. The van der Waals surface area contributed by atoms with Crippen molar-refractivity contribution in [1.82, 2.24) is 0 Å². The molecule has 0 saturated carbocycles. The highest BCUT2D eigenvalue weighted by atomic mass is 14.7. The largest absolute Gasteiger partial charge is 0.321 e. The second kappa shape index (κ2) is 14.9. The average Bonchev–Trinajstić information content (AvgIpc) is 3.32. The molecule has 0 spiro atoms. The first-order valence-electron chi connectivity index (χ1n) is 20.6. The molecule has 0 saturated heterocycles. The Labute approximate surface area is 349 Å². The molecule has 0 aliphatic carbocycles. The van der Waals surface area contributed by atoms with E-state index >= 15 is 0 Å². The molecule has 0 fully saturated rings. The Balaban J connectivity index is 1.05. The first kappa shape index (κ1) is 35.5. The zero-order chi connectivity index (χ0) is 40.0. The van der Waals surface area contributed by atoms with Gasteiger partial charge in [-0.15, -0.1) is 0 Å². The molecule has 0 aromatic heterocycles. The second-order valence-corrected chi connectivity index (χ2v) is 15.7. The normalized spacial score (nSPS) is 12.7. The van der Waals surface area contributed by atoms with Crippen LogP contribution in [0.3, 0.4) is 0 Å². The van der Waals surface area contributed by atoms with E-state index in [4.69, 9.17) is 10.7 Å². The molecule has 0 aliphatic heterocycles. The van der Waals surface area contributed by atoms with Crippen molar-refractivity contribution in [2.24, 2.45) is 10.7 Å². The summed E-state index contributed by atoms with van der Waals surface area (Å²) >= 11 is 0. The van der Waals surface area contributed by atoms with Crippen molar-refractivity contribution in [1.29, 1.82) is 0 Å². The summed E-state index contributed by atoms with van der Waals surface area (Å²) in [6, 6.07) is 75.8. The predicted molar refractivity (Wildman–Crippen MR) is 258 cm³/mol. The minimum Gasteiger partial charge on any atom is -0.321 e. The number of nitrogens with two attached hydrogens (primary N) is 1. The van der Waals surface area contributed by atoms with E-state index < -0.39 is 6.04 Å². The van der Waals surface area contributed by atoms with Crippen molar-refractivity contribution in [3.63, 3.8) is 0 Å². The molecule has 1 atom stereocenters. The molecule has 60 heavy (non-hydrogen) atoms. The molecule has 2 nitrogen and oxygen atoms in total. The van der Waals surface area contributed by atoms with Crippen LogP contribution in [-0.2, 0) is 0 Å². The van der Waals surface area contributed by atoms with Crippen molar-refractivity contribution in [2.45, 2.75) is 6.04 Å². The molecule has 11 rings (SSSR count). The zero-order valence-corrected chi connectivity index (χ0v) is 33.0. The summed E-state index contributed by atoms with van der Waals surface area (Å²) in [7, 11) is 0. The Morgan fingerprint density at radius 3 is 1.55 bits per heavy atom.